The van der Waals surface area contributed by atoms with Crippen molar-refractivity contribution in [2.75, 3.05) is 18.4 Å². The number of amides is 2. The molecule has 1 heterocycles. The van der Waals surface area contributed by atoms with Gasteiger partial charge in [0.1, 0.15) is 0 Å². The molecule has 0 saturated carbocycles. The highest BCUT2D eigenvalue weighted by molar-refractivity contribution is 6.30. The van der Waals surface area contributed by atoms with Gasteiger partial charge in [0.15, 0.2) is 0 Å². The van der Waals surface area contributed by atoms with E-state index in [2.05, 4.69) is 5.32 Å². The predicted octanol–water partition coefficient (Wildman–Crippen LogP) is 3.45. The Bertz CT molecular complexity index is 504. The van der Waals surface area contributed by atoms with Crippen molar-refractivity contribution in [2.24, 2.45) is 5.92 Å². The van der Waals surface area contributed by atoms with E-state index in [0.717, 1.165) is 12.8 Å². The number of carboxylic acids is 1. The Hall–Kier alpha value is -1.75. The lowest BCUT2D eigenvalue weighted by Gasteiger charge is -2.32. The molecule has 1 aromatic carbocycles. The molecule has 2 amide bonds. The second-order valence-electron chi connectivity index (χ2n) is 5.32. The maximum Gasteiger partial charge on any atom is 0.321 e. The lowest BCUT2D eigenvalue weighted by Crippen LogP contribution is -2.42. The van der Waals surface area contributed by atoms with Gasteiger partial charge in [0, 0.05) is 30.2 Å². The minimum atomic E-state index is -0.780. The number of halogens is 1. The number of rotatable bonds is 4. The van der Waals surface area contributed by atoms with Gasteiger partial charge in [-0.05, 0) is 49.4 Å². The maximum atomic E-state index is 12.2. The van der Waals surface area contributed by atoms with Gasteiger partial charge in [0.2, 0.25) is 0 Å². The molecule has 1 fully saturated rings. The lowest BCUT2D eigenvalue weighted by molar-refractivity contribution is -0.137. The van der Waals surface area contributed by atoms with Crippen LogP contribution in [0.3, 0.4) is 0 Å². The van der Waals surface area contributed by atoms with E-state index in [0.29, 0.717) is 30.2 Å². The number of carboxylic acid groups (broad SMARTS) is 1. The highest BCUT2D eigenvalue weighted by Crippen LogP contribution is 2.22. The molecular weight excluding hydrogens is 292 g/mol. The largest absolute Gasteiger partial charge is 0.481 e. The lowest BCUT2D eigenvalue weighted by atomic mass is 9.93. The average Bonchev–Trinajstić information content (AvgIpc) is 2.48. The number of carbonyl (C=O) groups is 2. The summed E-state index contributed by atoms with van der Waals surface area (Å²) < 4.78 is 0. The number of nitrogens with one attached hydrogen (secondary N) is 1. The number of piperidine rings is 1. The van der Waals surface area contributed by atoms with Crippen molar-refractivity contribution in [3.05, 3.63) is 29.3 Å². The molecule has 2 rings (SSSR count). The van der Waals surface area contributed by atoms with Gasteiger partial charge < -0.3 is 15.3 Å². The molecule has 1 aromatic rings. The summed E-state index contributed by atoms with van der Waals surface area (Å²) in [4.78, 5) is 24.6. The Morgan fingerprint density at radius 2 is 2.05 bits per heavy atom. The zero-order chi connectivity index (χ0) is 15.2. The first-order valence-electron chi connectivity index (χ1n) is 7.08. The molecule has 1 aliphatic heterocycles. The fraction of sp³-hybridized carbons (Fsp3) is 0.467. The first-order valence-corrected chi connectivity index (χ1v) is 7.45. The van der Waals surface area contributed by atoms with Gasteiger partial charge >= 0.3 is 12.0 Å². The van der Waals surface area contributed by atoms with Crippen molar-refractivity contribution in [2.45, 2.75) is 25.7 Å². The third-order valence-corrected chi connectivity index (χ3v) is 3.92. The van der Waals surface area contributed by atoms with Crippen LogP contribution in [0.15, 0.2) is 24.3 Å². The van der Waals surface area contributed by atoms with Crippen molar-refractivity contribution < 1.29 is 14.7 Å². The van der Waals surface area contributed by atoms with Crippen LogP contribution in [0.25, 0.3) is 0 Å². The van der Waals surface area contributed by atoms with E-state index >= 15 is 0 Å². The van der Waals surface area contributed by atoms with Crippen LogP contribution in [0.5, 0.6) is 0 Å². The smallest absolute Gasteiger partial charge is 0.321 e. The van der Waals surface area contributed by atoms with E-state index in [1.54, 1.807) is 29.2 Å². The van der Waals surface area contributed by atoms with Crippen molar-refractivity contribution in [3.8, 4) is 0 Å². The van der Waals surface area contributed by atoms with Crippen LogP contribution in [-0.4, -0.2) is 35.1 Å². The third-order valence-electron chi connectivity index (χ3n) is 3.67. The first-order chi connectivity index (χ1) is 10.0. The number of nitrogens with zero attached hydrogens (tertiary/aromatic N) is 1. The van der Waals surface area contributed by atoms with Gasteiger partial charge in [-0.1, -0.05) is 11.6 Å². The standard InChI is InChI=1S/C15H19ClN2O3/c16-12-4-6-13(7-5-12)17-15(21)18-9-1-2-11(10-18)3-8-14(19)20/h4-7,11H,1-3,8-10H2,(H,17,21)(H,19,20)/t11-/m0/s1. The van der Waals surface area contributed by atoms with Crippen LogP contribution in [0.2, 0.25) is 5.02 Å². The fourth-order valence-electron chi connectivity index (χ4n) is 2.55. The molecule has 114 valence electrons. The van der Waals surface area contributed by atoms with Crippen LogP contribution in [0.1, 0.15) is 25.7 Å². The van der Waals surface area contributed by atoms with E-state index in [1.165, 1.54) is 0 Å². The average molecular weight is 311 g/mol. The number of aliphatic carboxylic acids is 1. The molecule has 0 bridgehead atoms. The van der Waals surface area contributed by atoms with Gasteiger partial charge in [0.05, 0.1) is 0 Å². The molecule has 0 aromatic heterocycles. The Balaban J connectivity index is 1.86. The van der Waals surface area contributed by atoms with Gasteiger partial charge in [-0.15, -0.1) is 0 Å². The molecule has 1 atom stereocenters. The molecule has 1 aliphatic rings. The van der Waals surface area contributed by atoms with Gasteiger partial charge in [-0.2, -0.15) is 0 Å². The number of carbonyl (C=O) groups excluding carboxylic acids is 1. The highest BCUT2D eigenvalue weighted by atomic mass is 35.5. The third kappa shape index (κ3) is 4.93. The molecular formula is C15H19ClN2O3. The van der Waals surface area contributed by atoms with E-state index < -0.39 is 5.97 Å². The summed E-state index contributed by atoms with van der Waals surface area (Å²) in [5, 5.41) is 12.2. The number of likely N-dealkylation sites (tertiary alicyclic amines) is 1. The minimum absolute atomic E-state index is 0.141. The summed E-state index contributed by atoms with van der Waals surface area (Å²) in [6.45, 7) is 1.33. The van der Waals surface area contributed by atoms with Crippen LogP contribution < -0.4 is 5.32 Å². The van der Waals surface area contributed by atoms with E-state index in [4.69, 9.17) is 16.7 Å². The van der Waals surface area contributed by atoms with Gasteiger partial charge in [-0.25, -0.2) is 4.79 Å². The number of hydrogen-bond acceptors (Lipinski definition) is 2. The van der Waals surface area contributed by atoms with Gasteiger partial charge in [0.25, 0.3) is 0 Å². The maximum absolute atomic E-state index is 12.2. The Morgan fingerprint density at radius 1 is 1.33 bits per heavy atom. The zero-order valence-electron chi connectivity index (χ0n) is 11.7. The van der Waals surface area contributed by atoms with E-state index in [-0.39, 0.29) is 18.4 Å². The molecule has 5 nitrogen and oxygen atoms in total. The summed E-state index contributed by atoms with van der Waals surface area (Å²) in [6, 6.07) is 6.82. The predicted molar refractivity (Wildman–Crippen MR) is 81.6 cm³/mol. The molecule has 1 saturated heterocycles. The first kappa shape index (κ1) is 15.6. The quantitative estimate of drug-likeness (QED) is 0.895. The normalized spacial score (nSPS) is 18.3. The Labute approximate surface area is 128 Å². The van der Waals surface area contributed by atoms with Crippen molar-refractivity contribution in [1.82, 2.24) is 4.90 Å². The number of benzene rings is 1. The summed E-state index contributed by atoms with van der Waals surface area (Å²) in [6.07, 6.45) is 2.69. The Kier molecular flexibility index (Phi) is 5.44. The fourth-order valence-corrected chi connectivity index (χ4v) is 2.67. The van der Waals surface area contributed by atoms with Gasteiger partial charge in [-0.3, -0.25) is 4.79 Å². The van der Waals surface area contributed by atoms with Crippen molar-refractivity contribution in [3.63, 3.8) is 0 Å². The highest BCUT2D eigenvalue weighted by Gasteiger charge is 2.24. The summed E-state index contributed by atoms with van der Waals surface area (Å²) in [5.41, 5.74) is 0.706. The topological polar surface area (TPSA) is 69.6 Å². The van der Waals surface area contributed by atoms with Crippen LogP contribution in [0.4, 0.5) is 10.5 Å². The molecule has 2 N–H and O–H groups in total. The summed E-state index contributed by atoms with van der Waals surface area (Å²) in [7, 11) is 0. The minimum Gasteiger partial charge on any atom is -0.481 e. The summed E-state index contributed by atoms with van der Waals surface area (Å²) in [5.74, 6) is -0.511. The van der Waals surface area contributed by atoms with Crippen LogP contribution in [-0.2, 0) is 4.79 Å². The van der Waals surface area contributed by atoms with E-state index in [9.17, 15) is 9.59 Å². The Morgan fingerprint density at radius 3 is 2.71 bits per heavy atom. The number of urea groups is 1. The number of anilines is 1. The van der Waals surface area contributed by atoms with Crippen molar-refractivity contribution >= 4 is 29.3 Å². The monoisotopic (exact) mass is 310 g/mol. The zero-order valence-corrected chi connectivity index (χ0v) is 12.5. The van der Waals surface area contributed by atoms with Crippen molar-refractivity contribution in [1.29, 1.82) is 0 Å². The number of hydrogen-bond donors (Lipinski definition) is 2. The molecule has 0 aliphatic carbocycles. The van der Waals surface area contributed by atoms with Crippen LogP contribution in [0, 0.1) is 5.92 Å². The summed E-state index contributed by atoms with van der Waals surface area (Å²) >= 11 is 5.81. The molecule has 0 unspecified atom stereocenters. The molecule has 21 heavy (non-hydrogen) atoms. The SMILES string of the molecule is O=C(O)CC[C@@H]1CCCN(C(=O)Nc2ccc(Cl)cc2)C1. The molecule has 0 spiro atoms. The molecule has 6 heteroatoms. The molecule has 0 radical (unpaired) electrons. The second kappa shape index (κ2) is 7.31. The van der Waals surface area contributed by atoms with Crippen LogP contribution >= 0.6 is 11.6 Å². The van der Waals surface area contributed by atoms with E-state index in [1.807, 2.05) is 0 Å². The second-order valence-corrected chi connectivity index (χ2v) is 5.76.